The normalized spacial score (nSPS) is 12.0. The summed E-state index contributed by atoms with van der Waals surface area (Å²) in [6, 6.07) is 9.87. The molecule has 1 atom stereocenters. The highest BCUT2D eigenvalue weighted by molar-refractivity contribution is 5.48. The molecule has 1 unspecified atom stereocenters. The van der Waals surface area contributed by atoms with E-state index >= 15 is 0 Å². The van der Waals surface area contributed by atoms with E-state index in [-0.39, 0.29) is 17.5 Å². The van der Waals surface area contributed by atoms with Gasteiger partial charge >= 0.3 is 5.69 Å². The molecule has 6 heteroatoms. The molecule has 0 heterocycles. The summed E-state index contributed by atoms with van der Waals surface area (Å²) < 4.78 is 18.7. The highest BCUT2D eigenvalue weighted by Crippen LogP contribution is 2.32. The van der Waals surface area contributed by atoms with Gasteiger partial charge in [0.25, 0.3) is 0 Å². The number of ether oxygens (including phenoxy) is 1. The highest BCUT2D eigenvalue weighted by Gasteiger charge is 2.17. The Labute approximate surface area is 121 Å². The first-order valence-corrected chi connectivity index (χ1v) is 6.48. The molecule has 2 rings (SSSR count). The van der Waals surface area contributed by atoms with Gasteiger partial charge in [-0.05, 0) is 30.2 Å². The quantitative estimate of drug-likeness (QED) is 0.668. The Morgan fingerprint density at radius 2 is 2.10 bits per heavy atom. The topological polar surface area (TPSA) is 78.4 Å². The molecule has 0 amide bonds. The number of nitrogens with zero attached hydrogens (tertiary/aromatic N) is 1. The van der Waals surface area contributed by atoms with Crippen LogP contribution in [-0.4, -0.2) is 4.92 Å². The first-order chi connectivity index (χ1) is 10.0. The van der Waals surface area contributed by atoms with Crippen molar-refractivity contribution in [2.75, 3.05) is 0 Å². The Balaban J connectivity index is 2.34. The molecule has 5 nitrogen and oxygen atoms in total. The van der Waals surface area contributed by atoms with Crippen LogP contribution in [0.3, 0.4) is 0 Å². The van der Waals surface area contributed by atoms with Crippen LogP contribution in [0.1, 0.15) is 24.9 Å². The summed E-state index contributed by atoms with van der Waals surface area (Å²) in [5.41, 5.74) is 6.50. The van der Waals surface area contributed by atoms with Crippen molar-refractivity contribution in [2.45, 2.75) is 19.4 Å². The molecule has 0 saturated carbocycles. The van der Waals surface area contributed by atoms with E-state index in [0.717, 1.165) is 30.2 Å². The molecule has 0 fully saturated rings. The summed E-state index contributed by atoms with van der Waals surface area (Å²) >= 11 is 0. The summed E-state index contributed by atoms with van der Waals surface area (Å²) in [5, 5.41) is 10.9. The van der Waals surface area contributed by atoms with Gasteiger partial charge in [-0.15, -0.1) is 0 Å². The van der Waals surface area contributed by atoms with Crippen molar-refractivity contribution in [2.24, 2.45) is 5.73 Å². The van der Waals surface area contributed by atoms with Crippen LogP contribution in [0.15, 0.2) is 42.5 Å². The van der Waals surface area contributed by atoms with Crippen molar-refractivity contribution in [1.29, 1.82) is 0 Å². The lowest BCUT2D eigenvalue weighted by atomic mass is 10.1. The minimum absolute atomic E-state index is 0.137. The van der Waals surface area contributed by atoms with Gasteiger partial charge in [-0.2, -0.15) is 0 Å². The van der Waals surface area contributed by atoms with E-state index in [0.29, 0.717) is 5.75 Å². The lowest BCUT2D eigenvalue weighted by Gasteiger charge is -2.11. The summed E-state index contributed by atoms with van der Waals surface area (Å²) in [6.45, 7) is 1.95. The first kappa shape index (κ1) is 14.9. The third-order valence-corrected chi connectivity index (χ3v) is 3.07. The van der Waals surface area contributed by atoms with Gasteiger partial charge in [0.05, 0.1) is 4.92 Å². The molecule has 0 spiro atoms. The van der Waals surface area contributed by atoms with E-state index < -0.39 is 10.7 Å². The first-order valence-electron chi connectivity index (χ1n) is 6.48. The summed E-state index contributed by atoms with van der Waals surface area (Å²) in [7, 11) is 0. The number of nitrogens with two attached hydrogens (primary N) is 1. The molecule has 0 radical (unpaired) electrons. The van der Waals surface area contributed by atoms with Crippen LogP contribution in [0.2, 0.25) is 0 Å². The molecular weight excluding hydrogens is 275 g/mol. The third kappa shape index (κ3) is 3.55. The van der Waals surface area contributed by atoms with Crippen LogP contribution in [0, 0.1) is 15.9 Å². The van der Waals surface area contributed by atoms with Gasteiger partial charge in [0.2, 0.25) is 5.75 Å². The van der Waals surface area contributed by atoms with Gasteiger partial charge in [0, 0.05) is 18.2 Å². The second-order valence-corrected chi connectivity index (χ2v) is 4.56. The van der Waals surface area contributed by atoms with Crippen molar-refractivity contribution in [3.05, 3.63) is 64.0 Å². The standard InChI is InChI=1S/C15H15FN2O3/c1-2-13(17)10-4-3-5-12(8-10)21-15-9-11(16)6-7-14(15)18(19)20/h3-9,13H,2,17H2,1H3. The molecule has 0 aliphatic heterocycles. The van der Waals surface area contributed by atoms with Crippen molar-refractivity contribution in [3.63, 3.8) is 0 Å². The average Bonchev–Trinajstić information content (AvgIpc) is 2.46. The maximum atomic E-state index is 13.3. The molecule has 0 aliphatic carbocycles. The van der Waals surface area contributed by atoms with Gasteiger partial charge in [-0.3, -0.25) is 10.1 Å². The third-order valence-electron chi connectivity index (χ3n) is 3.07. The maximum Gasteiger partial charge on any atom is 0.311 e. The molecule has 2 aromatic carbocycles. The Morgan fingerprint density at radius 1 is 1.33 bits per heavy atom. The van der Waals surface area contributed by atoms with E-state index in [1.165, 1.54) is 0 Å². The second kappa shape index (κ2) is 6.32. The number of halogens is 1. The van der Waals surface area contributed by atoms with Crippen molar-refractivity contribution < 1.29 is 14.1 Å². The molecular formula is C15H15FN2O3. The molecule has 0 bridgehead atoms. The van der Waals surface area contributed by atoms with E-state index in [4.69, 9.17) is 10.5 Å². The fraction of sp³-hybridized carbons (Fsp3) is 0.200. The monoisotopic (exact) mass is 290 g/mol. The number of hydrogen-bond acceptors (Lipinski definition) is 4. The second-order valence-electron chi connectivity index (χ2n) is 4.56. The number of nitro groups is 1. The van der Waals surface area contributed by atoms with E-state index in [1.807, 2.05) is 13.0 Å². The highest BCUT2D eigenvalue weighted by atomic mass is 19.1. The number of benzene rings is 2. The fourth-order valence-electron chi connectivity index (χ4n) is 1.89. The molecule has 2 N–H and O–H groups in total. The minimum Gasteiger partial charge on any atom is -0.450 e. The SMILES string of the molecule is CCC(N)c1cccc(Oc2cc(F)ccc2[N+](=O)[O-])c1. The molecule has 2 aromatic rings. The number of nitro benzene ring substituents is 1. The Morgan fingerprint density at radius 3 is 2.76 bits per heavy atom. The summed E-state index contributed by atoms with van der Waals surface area (Å²) in [6.07, 6.45) is 0.754. The lowest BCUT2D eigenvalue weighted by molar-refractivity contribution is -0.385. The van der Waals surface area contributed by atoms with E-state index in [1.54, 1.807) is 18.2 Å². The zero-order valence-electron chi connectivity index (χ0n) is 11.5. The average molecular weight is 290 g/mol. The van der Waals surface area contributed by atoms with E-state index in [9.17, 15) is 14.5 Å². The van der Waals surface area contributed by atoms with Gasteiger partial charge in [-0.25, -0.2) is 4.39 Å². The smallest absolute Gasteiger partial charge is 0.311 e. The summed E-state index contributed by atoms with van der Waals surface area (Å²) in [4.78, 5) is 10.3. The molecule has 0 saturated heterocycles. The van der Waals surface area contributed by atoms with Crippen LogP contribution < -0.4 is 10.5 Å². The molecule has 21 heavy (non-hydrogen) atoms. The zero-order chi connectivity index (χ0) is 15.4. The number of hydrogen-bond donors (Lipinski definition) is 1. The predicted octanol–water partition coefficient (Wildman–Crippen LogP) is 3.94. The van der Waals surface area contributed by atoms with Gasteiger partial charge < -0.3 is 10.5 Å². The minimum atomic E-state index is -0.615. The van der Waals surface area contributed by atoms with Crippen LogP contribution in [0.5, 0.6) is 11.5 Å². The Hall–Kier alpha value is -2.47. The van der Waals surface area contributed by atoms with Crippen LogP contribution in [0.25, 0.3) is 0 Å². The van der Waals surface area contributed by atoms with Gasteiger partial charge in [0.1, 0.15) is 11.6 Å². The lowest BCUT2D eigenvalue weighted by Crippen LogP contribution is -2.08. The largest absolute Gasteiger partial charge is 0.450 e. The van der Waals surface area contributed by atoms with Crippen LogP contribution in [0.4, 0.5) is 10.1 Å². The molecule has 110 valence electrons. The van der Waals surface area contributed by atoms with Gasteiger partial charge in [-0.1, -0.05) is 19.1 Å². The van der Waals surface area contributed by atoms with E-state index in [2.05, 4.69) is 0 Å². The summed E-state index contributed by atoms with van der Waals surface area (Å²) in [5.74, 6) is -0.357. The van der Waals surface area contributed by atoms with Crippen LogP contribution in [-0.2, 0) is 0 Å². The van der Waals surface area contributed by atoms with Crippen LogP contribution >= 0.6 is 0 Å². The molecule has 0 aliphatic rings. The molecule has 0 aromatic heterocycles. The van der Waals surface area contributed by atoms with Crippen molar-refractivity contribution in [3.8, 4) is 11.5 Å². The van der Waals surface area contributed by atoms with Crippen molar-refractivity contribution in [1.82, 2.24) is 0 Å². The van der Waals surface area contributed by atoms with Gasteiger partial charge in [0.15, 0.2) is 0 Å². The number of rotatable bonds is 5. The van der Waals surface area contributed by atoms with Crippen molar-refractivity contribution >= 4 is 5.69 Å². The zero-order valence-corrected chi connectivity index (χ0v) is 11.5. The predicted molar refractivity (Wildman–Crippen MR) is 76.8 cm³/mol. The fourth-order valence-corrected chi connectivity index (χ4v) is 1.89. The maximum absolute atomic E-state index is 13.3. The Kier molecular flexibility index (Phi) is 4.49. The Bertz CT molecular complexity index is 661.